The van der Waals surface area contributed by atoms with Crippen LogP contribution in [0, 0.1) is 6.85 Å². The first-order valence-corrected chi connectivity index (χ1v) is 10.2. The summed E-state index contributed by atoms with van der Waals surface area (Å²) in [6.07, 6.45) is 0. The number of methoxy groups -OCH3 is 1. The highest BCUT2D eigenvalue weighted by molar-refractivity contribution is 7.19. The second-order valence-electron chi connectivity index (χ2n) is 6.48. The maximum atomic E-state index is 12.6. The molecule has 0 bridgehead atoms. The Morgan fingerprint density at radius 1 is 0.931 bits per heavy atom. The lowest BCUT2D eigenvalue weighted by Gasteiger charge is -2.10. The Balaban J connectivity index is 2.01. The van der Waals surface area contributed by atoms with Crippen LogP contribution in [0.5, 0.6) is 0 Å². The van der Waals surface area contributed by atoms with Crippen LogP contribution >= 0.6 is 22.9 Å². The van der Waals surface area contributed by atoms with E-state index in [4.69, 9.17) is 20.5 Å². The van der Waals surface area contributed by atoms with E-state index < -0.39 is 12.8 Å². The standard InChI is InChI=1S/C25H19ClO2S/c1-16-8-13-20(25(27)28-2)21(14-16)22-15-23(17-6-4-3-5-7-17)29-24(22)18-9-11-19(26)12-10-18/h3-15H,1-2H3/i1D3. The molecule has 0 aliphatic carbocycles. The summed E-state index contributed by atoms with van der Waals surface area (Å²) in [6, 6.07) is 23.9. The summed E-state index contributed by atoms with van der Waals surface area (Å²) >= 11 is 7.67. The first kappa shape index (κ1) is 16.0. The van der Waals surface area contributed by atoms with Gasteiger partial charge < -0.3 is 4.74 Å². The van der Waals surface area contributed by atoms with Crippen LogP contribution in [0.25, 0.3) is 32.0 Å². The maximum Gasteiger partial charge on any atom is 0.338 e. The lowest BCUT2D eigenvalue weighted by molar-refractivity contribution is 0.0601. The molecule has 0 aliphatic heterocycles. The number of esters is 1. The van der Waals surface area contributed by atoms with Gasteiger partial charge in [-0.1, -0.05) is 71.8 Å². The largest absolute Gasteiger partial charge is 0.465 e. The van der Waals surface area contributed by atoms with Gasteiger partial charge >= 0.3 is 5.97 Å². The fourth-order valence-electron chi connectivity index (χ4n) is 3.21. The van der Waals surface area contributed by atoms with Crippen LogP contribution in [-0.4, -0.2) is 13.1 Å². The Morgan fingerprint density at radius 2 is 1.69 bits per heavy atom. The summed E-state index contributed by atoms with van der Waals surface area (Å²) in [5.41, 5.74) is 3.72. The Bertz CT molecular complexity index is 1260. The van der Waals surface area contributed by atoms with Crippen molar-refractivity contribution in [2.24, 2.45) is 0 Å². The molecule has 0 radical (unpaired) electrons. The number of rotatable bonds is 4. The van der Waals surface area contributed by atoms with E-state index in [9.17, 15) is 4.79 Å². The molecule has 0 fully saturated rings. The van der Waals surface area contributed by atoms with Crippen LogP contribution in [0.2, 0.25) is 5.02 Å². The Morgan fingerprint density at radius 3 is 2.38 bits per heavy atom. The molecule has 0 spiro atoms. The summed E-state index contributed by atoms with van der Waals surface area (Å²) in [7, 11) is 1.31. The predicted octanol–water partition coefficient (Wildman–Crippen LogP) is 7.50. The molecule has 0 N–H and O–H groups in total. The van der Waals surface area contributed by atoms with Gasteiger partial charge in [0.05, 0.1) is 12.7 Å². The van der Waals surface area contributed by atoms with E-state index in [1.54, 1.807) is 17.4 Å². The topological polar surface area (TPSA) is 26.3 Å². The predicted molar refractivity (Wildman–Crippen MR) is 122 cm³/mol. The lowest BCUT2D eigenvalue weighted by atomic mass is 9.95. The van der Waals surface area contributed by atoms with E-state index in [0.29, 0.717) is 16.1 Å². The highest BCUT2D eigenvalue weighted by Gasteiger charge is 2.20. The van der Waals surface area contributed by atoms with Crippen molar-refractivity contribution >= 4 is 28.9 Å². The summed E-state index contributed by atoms with van der Waals surface area (Å²) < 4.78 is 28.5. The minimum atomic E-state index is -2.30. The first-order chi connectivity index (χ1) is 15.3. The van der Waals surface area contributed by atoms with E-state index in [1.165, 1.54) is 19.2 Å². The lowest BCUT2D eigenvalue weighted by Crippen LogP contribution is -2.03. The second-order valence-corrected chi connectivity index (χ2v) is 7.97. The number of carbonyl (C=O) groups excluding carboxylic acids is 1. The SMILES string of the molecule is [2H]C([2H])([2H])c1ccc(C(=O)OC)c(-c2cc(-c3ccccc3)sc2-c2ccc(Cl)cc2)c1. The molecule has 29 heavy (non-hydrogen) atoms. The molecule has 1 heterocycles. The minimum Gasteiger partial charge on any atom is -0.465 e. The van der Waals surface area contributed by atoms with Crippen LogP contribution < -0.4 is 0 Å². The van der Waals surface area contributed by atoms with Gasteiger partial charge in [0.25, 0.3) is 0 Å². The van der Waals surface area contributed by atoms with Crippen LogP contribution in [0.3, 0.4) is 0 Å². The molecule has 0 saturated heterocycles. The third-order valence-corrected chi connectivity index (χ3v) is 6.10. The van der Waals surface area contributed by atoms with Gasteiger partial charge in [0.15, 0.2) is 0 Å². The van der Waals surface area contributed by atoms with Gasteiger partial charge in [-0.2, -0.15) is 0 Å². The molecule has 0 atom stereocenters. The summed E-state index contributed by atoms with van der Waals surface area (Å²) in [5.74, 6) is -0.522. The molecule has 0 unspecified atom stereocenters. The van der Waals surface area contributed by atoms with Crippen molar-refractivity contribution in [2.75, 3.05) is 7.11 Å². The van der Waals surface area contributed by atoms with Crippen LogP contribution in [0.1, 0.15) is 20.0 Å². The zero-order valence-corrected chi connectivity index (χ0v) is 17.2. The van der Waals surface area contributed by atoms with Gasteiger partial charge in [-0.25, -0.2) is 4.79 Å². The smallest absolute Gasteiger partial charge is 0.338 e. The highest BCUT2D eigenvalue weighted by Crippen LogP contribution is 2.44. The third-order valence-electron chi connectivity index (χ3n) is 4.61. The average Bonchev–Trinajstić information content (AvgIpc) is 3.24. The summed E-state index contributed by atoms with van der Waals surface area (Å²) in [6.45, 7) is -2.30. The van der Waals surface area contributed by atoms with E-state index in [0.717, 1.165) is 26.4 Å². The molecular formula is C25H19ClO2S. The normalized spacial score (nSPS) is 12.7. The molecule has 1 aromatic heterocycles. The van der Waals surface area contributed by atoms with Gasteiger partial charge in [0.2, 0.25) is 0 Å². The maximum absolute atomic E-state index is 12.6. The number of benzene rings is 3. The number of thiophene rings is 1. The number of aryl methyl sites for hydroxylation is 1. The van der Waals surface area contributed by atoms with Crippen molar-refractivity contribution in [1.29, 1.82) is 0 Å². The van der Waals surface area contributed by atoms with Crippen molar-refractivity contribution < 1.29 is 13.6 Å². The monoisotopic (exact) mass is 421 g/mol. The summed E-state index contributed by atoms with van der Waals surface area (Å²) in [4.78, 5) is 14.5. The Labute approximate surface area is 183 Å². The van der Waals surface area contributed by atoms with Gasteiger partial charge in [-0.3, -0.25) is 0 Å². The molecule has 2 nitrogen and oxygen atoms in total. The first-order valence-electron chi connectivity index (χ1n) is 10.5. The molecular weight excluding hydrogens is 400 g/mol. The highest BCUT2D eigenvalue weighted by atomic mass is 35.5. The van der Waals surface area contributed by atoms with E-state index in [1.807, 2.05) is 60.7 Å². The van der Waals surface area contributed by atoms with Crippen molar-refractivity contribution in [3.05, 3.63) is 95.0 Å². The van der Waals surface area contributed by atoms with Crippen molar-refractivity contribution in [3.8, 4) is 32.0 Å². The number of hydrogen-bond acceptors (Lipinski definition) is 3. The molecule has 3 aromatic carbocycles. The Hall–Kier alpha value is -2.88. The van der Waals surface area contributed by atoms with E-state index >= 15 is 0 Å². The fraction of sp³-hybridized carbons (Fsp3) is 0.0800. The minimum absolute atomic E-state index is 0.162. The zero-order chi connectivity index (χ0) is 22.9. The molecule has 4 heteroatoms. The van der Waals surface area contributed by atoms with Crippen molar-refractivity contribution in [1.82, 2.24) is 0 Å². The van der Waals surface area contributed by atoms with Crippen LogP contribution in [0.4, 0.5) is 0 Å². The molecule has 144 valence electrons. The van der Waals surface area contributed by atoms with E-state index in [-0.39, 0.29) is 5.56 Å². The number of ether oxygens (including phenoxy) is 1. The molecule has 4 rings (SSSR count). The van der Waals surface area contributed by atoms with Crippen molar-refractivity contribution in [3.63, 3.8) is 0 Å². The summed E-state index contributed by atoms with van der Waals surface area (Å²) in [5, 5.41) is 0.620. The van der Waals surface area contributed by atoms with Crippen LogP contribution in [0.15, 0.2) is 78.9 Å². The third kappa shape index (κ3) is 3.98. The fourth-order valence-corrected chi connectivity index (χ4v) is 4.52. The zero-order valence-electron chi connectivity index (χ0n) is 18.6. The average molecular weight is 422 g/mol. The number of halogens is 1. The Kier molecular flexibility index (Phi) is 4.54. The number of hydrogen-bond donors (Lipinski definition) is 0. The van der Waals surface area contributed by atoms with Gasteiger partial charge in [0.1, 0.15) is 0 Å². The van der Waals surface area contributed by atoms with Crippen LogP contribution in [-0.2, 0) is 4.74 Å². The van der Waals surface area contributed by atoms with Gasteiger partial charge in [0, 0.05) is 24.5 Å². The number of carbonyl (C=O) groups is 1. The molecule has 0 amide bonds. The molecule has 0 aliphatic rings. The molecule has 4 aromatic rings. The van der Waals surface area contributed by atoms with Gasteiger partial charge in [-0.15, -0.1) is 11.3 Å². The molecule has 0 saturated carbocycles. The van der Waals surface area contributed by atoms with Crippen molar-refractivity contribution in [2.45, 2.75) is 6.85 Å². The quantitative estimate of drug-likeness (QED) is 0.319. The second kappa shape index (κ2) is 8.24. The van der Waals surface area contributed by atoms with E-state index in [2.05, 4.69) is 0 Å². The van der Waals surface area contributed by atoms with Gasteiger partial charge in [-0.05, 0) is 47.8 Å².